The molecule has 2 heterocycles. The Bertz CT molecular complexity index is 733. The minimum atomic E-state index is 0.180. The number of hydrogen-bond acceptors (Lipinski definition) is 4. The largest absolute Gasteiger partial charge is 0.326 e. The number of piperidine rings is 1. The second-order valence-corrected chi connectivity index (χ2v) is 7.59. The highest BCUT2D eigenvalue weighted by atomic mass is 32.1. The fourth-order valence-corrected chi connectivity index (χ4v) is 4.44. The number of amides is 1. The number of benzene rings is 1. The molecule has 2 aromatic rings. The summed E-state index contributed by atoms with van der Waals surface area (Å²) in [7, 11) is 0. The van der Waals surface area contributed by atoms with Crippen LogP contribution in [0.1, 0.15) is 25.0 Å². The highest BCUT2D eigenvalue weighted by Crippen LogP contribution is 2.58. The van der Waals surface area contributed by atoms with Gasteiger partial charge in [0.05, 0.1) is 0 Å². The third-order valence-corrected chi connectivity index (χ3v) is 6.11. The van der Waals surface area contributed by atoms with Gasteiger partial charge in [-0.2, -0.15) is 0 Å². The predicted molar refractivity (Wildman–Crippen MR) is 93.6 cm³/mol. The Balaban J connectivity index is 1.46. The van der Waals surface area contributed by atoms with Crippen LogP contribution in [0, 0.1) is 18.3 Å². The van der Waals surface area contributed by atoms with E-state index < -0.39 is 0 Å². The van der Waals surface area contributed by atoms with Crippen LogP contribution in [-0.2, 0) is 4.79 Å². The summed E-state index contributed by atoms with van der Waals surface area (Å²) >= 11 is 1.64. The van der Waals surface area contributed by atoms with E-state index in [1.807, 2.05) is 36.6 Å². The van der Waals surface area contributed by atoms with Gasteiger partial charge in [0.2, 0.25) is 5.91 Å². The molecule has 0 radical (unpaired) electrons. The predicted octanol–water partition coefficient (Wildman–Crippen LogP) is 3.45. The molecule has 1 saturated carbocycles. The van der Waals surface area contributed by atoms with Crippen LogP contribution in [0.4, 0.5) is 5.69 Å². The van der Waals surface area contributed by atoms with Crippen LogP contribution in [0.25, 0.3) is 10.6 Å². The number of aromatic nitrogens is 1. The molecule has 1 spiro atoms. The molecular formula is C18H21N3OS. The molecule has 2 aliphatic rings. The minimum absolute atomic E-state index is 0.180. The Morgan fingerprint density at radius 1 is 1.39 bits per heavy atom. The van der Waals surface area contributed by atoms with E-state index in [-0.39, 0.29) is 17.2 Å². The Hall–Kier alpha value is -1.72. The third kappa shape index (κ3) is 2.91. The van der Waals surface area contributed by atoms with Gasteiger partial charge in [-0.25, -0.2) is 4.98 Å². The maximum atomic E-state index is 12.6. The average molecular weight is 327 g/mol. The lowest BCUT2D eigenvalue weighted by Gasteiger charge is -2.23. The van der Waals surface area contributed by atoms with Gasteiger partial charge in [0.15, 0.2) is 0 Å². The summed E-state index contributed by atoms with van der Waals surface area (Å²) in [6, 6.07) is 8.00. The first-order valence-electron chi connectivity index (χ1n) is 8.20. The van der Waals surface area contributed by atoms with Crippen molar-refractivity contribution in [3.63, 3.8) is 0 Å². The minimum Gasteiger partial charge on any atom is -0.326 e. The fraction of sp³-hybridized carbons (Fsp3) is 0.444. The summed E-state index contributed by atoms with van der Waals surface area (Å²) in [6.45, 7) is 4.09. The van der Waals surface area contributed by atoms with Crippen molar-refractivity contribution in [2.24, 2.45) is 11.3 Å². The van der Waals surface area contributed by atoms with Crippen molar-refractivity contribution < 1.29 is 4.79 Å². The molecule has 1 aliphatic carbocycles. The van der Waals surface area contributed by atoms with Crippen molar-refractivity contribution >= 4 is 22.9 Å². The molecule has 0 bridgehead atoms. The molecule has 1 aromatic carbocycles. The van der Waals surface area contributed by atoms with Crippen molar-refractivity contribution in [3.05, 3.63) is 35.3 Å². The van der Waals surface area contributed by atoms with Gasteiger partial charge in [0, 0.05) is 28.2 Å². The first kappa shape index (κ1) is 14.8. The van der Waals surface area contributed by atoms with Crippen molar-refractivity contribution in [1.82, 2.24) is 10.3 Å². The van der Waals surface area contributed by atoms with Crippen LogP contribution in [-0.4, -0.2) is 24.0 Å². The molecule has 1 atom stereocenters. The molecule has 1 amide bonds. The van der Waals surface area contributed by atoms with Crippen molar-refractivity contribution in [2.75, 3.05) is 18.4 Å². The summed E-state index contributed by atoms with van der Waals surface area (Å²) in [5, 5.41) is 9.54. The van der Waals surface area contributed by atoms with Crippen LogP contribution < -0.4 is 10.6 Å². The van der Waals surface area contributed by atoms with E-state index in [0.717, 1.165) is 54.3 Å². The third-order valence-electron chi connectivity index (χ3n) is 5.10. The van der Waals surface area contributed by atoms with E-state index in [4.69, 9.17) is 0 Å². The van der Waals surface area contributed by atoms with Gasteiger partial charge < -0.3 is 10.6 Å². The van der Waals surface area contributed by atoms with Crippen molar-refractivity contribution in [3.8, 4) is 10.6 Å². The zero-order chi connectivity index (χ0) is 15.9. The van der Waals surface area contributed by atoms with Crippen LogP contribution in [0.5, 0.6) is 0 Å². The lowest BCUT2D eigenvalue weighted by atomic mass is 9.92. The molecule has 5 heteroatoms. The van der Waals surface area contributed by atoms with Gasteiger partial charge in [-0.15, -0.1) is 11.3 Å². The monoisotopic (exact) mass is 327 g/mol. The Morgan fingerprint density at radius 2 is 2.22 bits per heavy atom. The van der Waals surface area contributed by atoms with E-state index >= 15 is 0 Å². The topological polar surface area (TPSA) is 54.0 Å². The highest BCUT2D eigenvalue weighted by molar-refractivity contribution is 7.13. The maximum Gasteiger partial charge on any atom is 0.228 e. The smallest absolute Gasteiger partial charge is 0.228 e. The maximum absolute atomic E-state index is 12.6. The van der Waals surface area contributed by atoms with E-state index in [1.54, 1.807) is 11.3 Å². The number of nitrogens with zero attached hydrogens (tertiary/aromatic N) is 1. The van der Waals surface area contributed by atoms with Gasteiger partial charge in [-0.05, 0) is 56.8 Å². The Kier molecular flexibility index (Phi) is 3.70. The van der Waals surface area contributed by atoms with Gasteiger partial charge in [-0.1, -0.05) is 12.1 Å². The summed E-state index contributed by atoms with van der Waals surface area (Å²) < 4.78 is 0. The number of anilines is 1. The number of aryl methyl sites for hydroxylation is 1. The normalized spacial score (nSPS) is 22.0. The molecular weight excluding hydrogens is 306 g/mol. The lowest BCUT2D eigenvalue weighted by molar-refractivity contribution is -0.118. The first-order chi connectivity index (χ1) is 11.2. The van der Waals surface area contributed by atoms with Gasteiger partial charge in [0.25, 0.3) is 0 Å². The van der Waals surface area contributed by atoms with E-state index in [1.165, 1.54) is 0 Å². The second kappa shape index (κ2) is 5.73. The number of nitrogens with one attached hydrogen (secondary N) is 2. The average Bonchev–Trinajstić information content (AvgIpc) is 3.06. The summed E-state index contributed by atoms with van der Waals surface area (Å²) in [5.74, 6) is 0.370. The van der Waals surface area contributed by atoms with Gasteiger partial charge >= 0.3 is 0 Å². The Morgan fingerprint density at radius 3 is 2.96 bits per heavy atom. The molecule has 2 N–H and O–H groups in total. The lowest BCUT2D eigenvalue weighted by Crippen LogP contribution is -2.31. The van der Waals surface area contributed by atoms with Crippen molar-refractivity contribution in [1.29, 1.82) is 0 Å². The second-order valence-electron chi connectivity index (χ2n) is 6.73. The van der Waals surface area contributed by atoms with Gasteiger partial charge in [0.1, 0.15) is 5.01 Å². The summed E-state index contributed by atoms with van der Waals surface area (Å²) in [4.78, 5) is 17.1. The standard InChI is InChI=1S/C18H21N3OS/c1-12-11-23-17(20-12)13-3-2-4-14(9-13)21-16(22)15-10-18(15)5-7-19-8-6-18/h2-4,9,11,15,19H,5-8,10H2,1H3,(H,21,22). The van der Waals surface area contributed by atoms with E-state index in [0.29, 0.717) is 0 Å². The molecule has 120 valence electrons. The quantitative estimate of drug-likeness (QED) is 0.908. The van der Waals surface area contributed by atoms with E-state index in [2.05, 4.69) is 15.6 Å². The number of hydrogen-bond donors (Lipinski definition) is 2. The number of carbonyl (C=O) groups excluding carboxylic acids is 1. The fourth-order valence-electron chi connectivity index (χ4n) is 3.64. The zero-order valence-electron chi connectivity index (χ0n) is 13.3. The highest BCUT2D eigenvalue weighted by Gasteiger charge is 2.57. The van der Waals surface area contributed by atoms with Gasteiger partial charge in [-0.3, -0.25) is 4.79 Å². The Labute approximate surface area is 140 Å². The number of rotatable bonds is 3. The molecule has 1 aliphatic heterocycles. The number of thiazole rings is 1. The van der Waals surface area contributed by atoms with E-state index in [9.17, 15) is 4.79 Å². The van der Waals surface area contributed by atoms with Crippen LogP contribution in [0.15, 0.2) is 29.6 Å². The SMILES string of the molecule is Cc1csc(-c2cccc(NC(=O)C3CC34CCNCC4)c2)n1. The molecule has 23 heavy (non-hydrogen) atoms. The summed E-state index contributed by atoms with van der Waals surface area (Å²) in [5.41, 5.74) is 3.24. The van der Waals surface area contributed by atoms with Crippen LogP contribution in [0.2, 0.25) is 0 Å². The van der Waals surface area contributed by atoms with Crippen LogP contribution in [0.3, 0.4) is 0 Å². The molecule has 4 nitrogen and oxygen atoms in total. The molecule has 1 unspecified atom stereocenters. The molecule has 1 saturated heterocycles. The first-order valence-corrected chi connectivity index (χ1v) is 9.08. The molecule has 1 aromatic heterocycles. The summed E-state index contributed by atoms with van der Waals surface area (Å²) in [6.07, 6.45) is 3.30. The number of carbonyl (C=O) groups is 1. The zero-order valence-corrected chi connectivity index (χ0v) is 14.1. The molecule has 2 fully saturated rings. The molecule has 4 rings (SSSR count). The van der Waals surface area contributed by atoms with Crippen molar-refractivity contribution in [2.45, 2.75) is 26.2 Å². The van der Waals surface area contributed by atoms with Crippen LogP contribution >= 0.6 is 11.3 Å².